The van der Waals surface area contributed by atoms with Crippen molar-refractivity contribution >= 4 is 29.1 Å². The predicted octanol–water partition coefficient (Wildman–Crippen LogP) is -0.0720. The Bertz CT molecular complexity index is 450. The largest absolute Gasteiger partial charge is 0.382 e. The van der Waals surface area contributed by atoms with E-state index in [1.165, 1.54) is 4.90 Å². The molecule has 0 fully saturated rings. The number of rotatable bonds is 4. The smallest absolute Gasteiger partial charge is 0.276 e. The van der Waals surface area contributed by atoms with Crippen LogP contribution in [0.3, 0.4) is 0 Å². The van der Waals surface area contributed by atoms with E-state index in [1.807, 2.05) is 19.0 Å². The molecular formula is C10H17ClN6O. The molecule has 4 N–H and O–H groups in total. The number of halogens is 1. The molecule has 1 heterocycles. The Kier molecular flexibility index (Phi) is 4.69. The number of amides is 1. The van der Waals surface area contributed by atoms with Gasteiger partial charge in [-0.15, -0.1) is 0 Å². The Labute approximate surface area is 111 Å². The molecule has 0 aliphatic rings. The third-order valence-corrected chi connectivity index (χ3v) is 2.61. The fourth-order valence-corrected chi connectivity index (χ4v) is 1.36. The van der Waals surface area contributed by atoms with E-state index in [-0.39, 0.29) is 28.4 Å². The minimum absolute atomic E-state index is 0.0152. The highest BCUT2D eigenvalue weighted by Gasteiger charge is 2.19. The lowest BCUT2D eigenvalue weighted by atomic mass is 10.3. The lowest BCUT2D eigenvalue weighted by Crippen LogP contribution is -2.34. The standard InChI is InChI=1S/C10H17ClN6O/c1-16(2)4-5-17(3)10(18)6-8(12)15-9(13)7(11)14-6/h4-5H2,1-3H3,(H4,12,13,15). The van der Waals surface area contributed by atoms with Gasteiger partial charge < -0.3 is 21.3 Å². The van der Waals surface area contributed by atoms with Crippen LogP contribution >= 0.6 is 11.6 Å². The monoisotopic (exact) mass is 272 g/mol. The van der Waals surface area contributed by atoms with Gasteiger partial charge in [0.05, 0.1) is 0 Å². The van der Waals surface area contributed by atoms with Crippen LogP contribution in [0.1, 0.15) is 10.5 Å². The van der Waals surface area contributed by atoms with Gasteiger partial charge in [-0.05, 0) is 14.1 Å². The summed E-state index contributed by atoms with van der Waals surface area (Å²) in [6, 6.07) is 0. The highest BCUT2D eigenvalue weighted by atomic mass is 35.5. The SMILES string of the molecule is CN(C)CCN(C)C(=O)c1nc(Cl)c(N)nc1N. The van der Waals surface area contributed by atoms with Crippen LogP contribution in [0.4, 0.5) is 11.6 Å². The van der Waals surface area contributed by atoms with Crippen LogP contribution < -0.4 is 11.5 Å². The molecule has 8 heteroatoms. The third kappa shape index (κ3) is 3.44. The molecule has 7 nitrogen and oxygen atoms in total. The van der Waals surface area contributed by atoms with Crippen LogP contribution in [0.5, 0.6) is 0 Å². The molecule has 18 heavy (non-hydrogen) atoms. The second-order valence-corrected chi connectivity index (χ2v) is 4.52. The molecule has 0 saturated heterocycles. The van der Waals surface area contributed by atoms with Crippen LogP contribution in [0, 0.1) is 0 Å². The lowest BCUT2D eigenvalue weighted by molar-refractivity contribution is 0.0781. The average molecular weight is 273 g/mol. The summed E-state index contributed by atoms with van der Waals surface area (Å²) in [5, 5.41) is -0.0199. The summed E-state index contributed by atoms with van der Waals surface area (Å²) in [5.74, 6) is -0.330. The van der Waals surface area contributed by atoms with E-state index in [9.17, 15) is 4.79 Å². The van der Waals surface area contributed by atoms with Crippen molar-refractivity contribution in [2.24, 2.45) is 0 Å². The highest BCUT2D eigenvalue weighted by Crippen LogP contribution is 2.18. The van der Waals surface area contributed by atoms with Crippen molar-refractivity contribution in [3.05, 3.63) is 10.8 Å². The molecule has 0 aliphatic carbocycles. The van der Waals surface area contributed by atoms with Gasteiger partial charge in [0.1, 0.15) is 0 Å². The molecule has 1 amide bonds. The van der Waals surface area contributed by atoms with Gasteiger partial charge in [-0.3, -0.25) is 4.79 Å². The maximum Gasteiger partial charge on any atom is 0.276 e. The second kappa shape index (κ2) is 5.83. The number of anilines is 2. The molecular weight excluding hydrogens is 256 g/mol. The first-order chi connectivity index (χ1) is 8.32. The van der Waals surface area contributed by atoms with E-state index >= 15 is 0 Å². The van der Waals surface area contributed by atoms with E-state index in [4.69, 9.17) is 23.1 Å². The number of aromatic nitrogens is 2. The minimum atomic E-state index is -0.330. The molecule has 0 aromatic carbocycles. The summed E-state index contributed by atoms with van der Waals surface area (Å²) in [6.45, 7) is 1.28. The molecule has 0 unspecified atom stereocenters. The van der Waals surface area contributed by atoms with Gasteiger partial charge >= 0.3 is 0 Å². The quantitative estimate of drug-likeness (QED) is 0.795. The summed E-state index contributed by atoms with van der Waals surface area (Å²) in [5.41, 5.74) is 11.1. The maximum absolute atomic E-state index is 12.1. The number of nitrogen functional groups attached to an aromatic ring is 2. The van der Waals surface area contributed by atoms with Crippen molar-refractivity contribution in [1.29, 1.82) is 0 Å². The summed E-state index contributed by atoms with van der Waals surface area (Å²) < 4.78 is 0. The van der Waals surface area contributed by atoms with Gasteiger partial charge in [0.15, 0.2) is 22.5 Å². The molecule has 0 radical (unpaired) electrons. The third-order valence-electron chi connectivity index (χ3n) is 2.34. The van der Waals surface area contributed by atoms with Crippen LogP contribution in [0.15, 0.2) is 0 Å². The first kappa shape index (κ1) is 14.5. The second-order valence-electron chi connectivity index (χ2n) is 4.16. The van der Waals surface area contributed by atoms with Crippen molar-refractivity contribution in [2.75, 3.05) is 45.7 Å². The zero-order chi connectivity index (χ0) is 13.9. The van der Waals surface area contributed by atoms with Crippen LogP contribution in [-0.2, 0) is 0 Å². The van der Waals surface area contributed by atoms with Gasteiger partial charge in [0.2, 0.25) is 0 Å². The number of nitrogens with two attached hydrogens (primary N) is 2. The van der Waals surface area contributed by atoms with Gasteiger partial charge in [-0.2, -0.15) is 0 Å². The van der Waals surface area contributed by atoms with E-state index in [0.717, 1.165) is 6.54 Å². The Hall–Kier alpha value is -1.60. The first-order valence-corrected chi connectivity index (χ1v) is 5.69. The molecule has 1 aromatic rings. The molecule has 1 rings (SSSR count). The summed E-state index contributed by atoms with van der Waals surface area (Å²) in [7, 11) is 5.51. The van der Waals surface area contributed by atoms with Gasteiger partial charge in [-0.25, -0.2) is 9.97 Å². The van der Waals surface area contributed by atoms with Crippen LogP contribution in [-0.4, -0.2) is 59.9 Å². The zero-order valence-corrected chi connectivity index (χ0v) is 11.4. The van der Waals surface area contributed by atoms with Gasteiger partial charge in [0, 0.05) is 20.1 Å². The van der Waals surface area contributed by atoms with Crippen molar-refractivity contribution < 1.29 is 4.79 Å². The van der Waals surface area contributed by atoms with E-state index < -0.39 is 0 Å². The number of nitrogens with zero attached hydrogens (tertiary/aromatic N) is 4. The Morgan fingerprint density at radius 1 is 1.17 bits per heavy atom. The van der Waals surface area contributed by atoms with Gasteiger partial charge in [0.25, 0.3) is 5.91 Å². The molecule has 0 spiro atoms. The van der Waals surface area contributed by atoms with Crippen molar-refractivity contribution in [1.82, 2.24) is 19.8 Å². The molecule has 100 valence electrons. The fraction of sp³-hybridized carbons (Fsp3) is 0.500. The number of likely N-dealkylation sites (N-methyl/N-ethyl adjacent to an activating group) is 2. The van der Waals surface area contributed by atoms with Crippen LogP contribution in [0.25, 0.3) is 0 Å². The molecule has 0 saturated carbocycles. The number of hydrogen-bond donors (Lipinski definition) is 2. The van der Waals surface area contributed by atoms with E-state index in [0.29, 0.717) is 6.54 Å². The van der Waals surface area contributed by atoms with E-state index in [2.05, 4.69) is 9.97 Å². The minimum Gasteiger partial charge on any atom is -0.382 e. The topological polar surface area (TPSA) is 101 Å². The summed E-state index contributed by atoms with van der Waals surface area (Å²) in [6.07, 6.45) is 0. The maximum atomic E-state index is 12.1. The molecule has 0 bridgehead atoms. The Morgan fingerprint density at radius 2 is 1.78 bits per heavy atom. The Balaban J connectivity index is 2.87. The summed E-state index contributed by atoms with van der Waals surface area (Å²) >= 11 is 5.73. The number of carbonyl (C=O) groups is 1. The van der Waals surface area contributed by atoms with Crippen molar-refractivity contribution in [2.45, 2.75) is 0 Å². The molecule has 1 aromatic heterocycles. The summed E-state index contributed by atoms with van der Waals surface area (Å²) in [4.78, 5) is 23.2. The Morgan fingerprint density at radius 3 is 2.33 bits per heavy atom. The first-order valence-electron chi connectivity index (χ1n) is 5.31. The predicted molar refractivity (Wildman–Crippen MR) is 71.4 cm³/mol. The molecule has 0 atom stereocenters. The zero-order valence-electron chi connectivity index (χ0n) is 10.6. The van der Waals surface area contributed by atoms with E-state index in [1.54, 1.807) is 7.05 Å². The molecule has 0 aliphatic heterocycles. The normalized spacial score (nSPS) is 10.7. The van der Waals surface area contributed by atoms with Crippen LogP contribution in [0.2, 0.25) is 5.15 Å². The fourth-order valence-electron chi connectivity index (χ4n) is 1.23. The number of hydrogen-bond acceptors (Lipinski definition) is 6. The number of carbonyl (C=O) groups excluding carboxylic acids is 1. The highest BCUT2D eigenvalue weighted by molar-refractivity contribution is 6.31. The van der Waals surface area contributed by atoms with Gasteiger partial charge in [-0.1, -0.05) is 11.6 Å². The van der Waals surface area contributed by atoms with Crippen molar-refractivity contribution in [3.63, 3.8) is 0 Å². The average Bonchev–Trinajstić information content (AvgIpc) is 2.29. The lowest BCUT2D eigenvalue weighted by Gasteiger charge is -2.19. The van der Waals surface area contributed by atoms with Crippen molar-refractivity contribution in [3.8, 4) is 0 Å².